The summed E-state index contributed by atoms with van der Waals surface area (Å²) < 4.78 is 5.63. The van der Waals surface area contributed by atoms with Crippen molar-refractivity contribution in [2.45, 2.75) is 0 Å². The number of hydrogen-bond donors (Lipinski definition) is 0. The molecule has 0 radical (unpaired) electrons. The van der Waals surface area contributed by atoms with Gasteiger partial charge >= 0.3 is 0 Å². The molecular formula is C21H14N2O3. The number of rotatable bonds is 4. The van der Waals surface area contributed by atoms with Gasteiger partial charge in [-0.1, -0.05) is 18.7 Å². The summed E-state index contributed by atoms with van der Waals surface area (Å²) in [6.07, 6.45) is 5.06. The average Bonchev–Trinajstić information content (AvgIpc) is 3.16. The molecule has 5 nitrogen and oxygen atoms in total. The molecule has 4 rings (SSSR count). The second-order valence-electron chi connectivity index (χ2n) is 5.88. The third kappa shape index (κ3) is 2.75. The zero-order chi connectivity index (χ0) is 18.1. The third-order valence-electron chi connectivity index (χ3n) is 4.30. The Morgan fingerprint density at radius 2 is 1.85 bits per heavy atom. The predicted octanol–water partition coefficient (Wildman–Crippen LogP) is 5.46. The SMILES string of the molecule is C=C(c1ccncc1)c1cc(-c2cccc([N+](=O)[O-])c2)c2occc2c1. The Kier molecular flexibility index (Phi) is 3.82. The molecule has 4 aromatic rings. The lowest BCUT2D eigenvalue weighted by atomic mass is 9.94. The van der Waals surface area contributed by atoms with Crippen LogP contribution in [0.1, 0.15) is 11.1 Å². The molecule has 0 unspecified atom stereocenters. The molecule has 0 bridgehead atoms. The van der Waals surface area contributed by atoms with Crippen LogP contribution in [0.3, 0.4) is 0 Å². The molecule has 0 N–H and O–H groups in total. The van der Waals surface area contributed by atoms with Crippen LogP contribution in [0.4, 0.5) is 5.69 Å². The monoisotopic (exact) mass is 342 g/mol. The van der Waals surface area contributed by atoms with Crippen molar-refractivity contribution in [2.75, 3.05) is 0 Å². The zero-order valence-corrected chi connectivity index (χ0v) is 13.8. The highest BCUT2D eigenvalue weighted by atomic mass is 16.6. The zero-order valence-electron chi connectivity index (χ0n) is 13.8. The number of aromatic nitrogens is 1. The first-order valence-electron chi connectivity index (χ1n) is 7.99. The van der Waals surface area contributed by atoms with Crippen LogP contribution in [-0.4, -0.2) is 9.91 Å². The normalized spacial score (nSPS) is 10.8. The van der Waals surface area contributed by atoms with E-state index in [2.05, 4.69) is 11.6 Å². The molecule has 0 aliphatic heterocycles. The summed E-state index contributed by atoms with van der Waals surface area (Å²) in [5, 5.41) is 12.0. The van der Waals surface area contributed by atoms with Crippen LogP contribution >= 0.6 is 0 Å². The Labute approximate surface area is 149 Å². The summed E-state index contributed by atoms with van der Waals surface area (Å²) in [5.41, 5.74) is 4.99. The summed E-state index contributed by atoms with van der Waals surface area (Å²) in [5.74, 6) is 0. The lowest BCUT2D eigenvalue weighted by Gasteiger charge is -2.10. The molecule has 0 aliphatic rings. The minimum Gasteiger partial charge on any atom is -0.464 e. The molecule has 0 saturated heterocycles. The van der Waals surface area contributed by atoms with Gasteiger partial charge in [-0.2, -0.15) is 0 Å². The second-order valence-corrected chi connectivity index (χ2v) is 5.88. The van der Waals surface area contributed by atoms with Crippen molar-refractivity contribution in [3.8, 4) is 11.1 Å². The highest BCUT2D eigenvalue weighted by Crippen LogP contribution is 2.35. The Morgan fingerprint density at radius 1 is 1.04 bits per heavy atom. The van der Waals surface area contributed by atoms with Crippen LogP contribution in [0, 0.1) is 10.1 Å². The smallest absolute Gasteiger partial charge is 0.270 e. The van der Waals surface area contributed by atoms with Gasteiger partial charge < -0.3 is 4.42 Å². The van der Waals surface area contributed by atoms with E-state index < -0.39 is 4.92 Å². The van der Waals surface area contributed by atoms with E-state index in [1.165, 1.54) is 6.07 Å². The van der Waals surface area contributed by atoms with Crippen molar-refractivity contribution in [3.05, 3.63) is 101 Å². The molecule has 0 amide bonds. The predicted molar refractivity (Wildman–Crippen MR) is 101 cm³/mol. The molecule has 0 aliphatic carbocycles. The minimum absolute atomic E-state index is 0.0422. The van der Waals surface area contributed by atoms with Gasteiger partial charge in [0.2, 0.25) is 0 Å². The fourth-order valence-corrected chi connectivity index (χ4v) is 2.98. The standard InChI is InChI=1S/C21H14N2O3/c1-14(15-5-8-22-9-6-15)18-11-17-7-10-26-21(17)20(13-18)16-3-2-4-19(12-16)23(24)25/h2-13H,1H2. The topological polar surface area (TPSA) is 69.2 Å². The number of hydrogen-bond acceptors (Lipinski definition) is 4. The van der Waals surface area contributed by atoms with Crippen LogP contribution in [0.5, 0.6) is 0 Å². The van der Waals surface area contributed by atoms with E-state index in [4.69, 9.17) is 4.42 Å². The third-order valence-corrected chi connectivity index (χ3v) is 4.30. The number of nitro benzene ring substituents is 1. The van der Waals surface area contributed by atoms with Gasteiger partial charge in [0.1, 0.15) is 5.58 Å². The van der Waals surface area contributed by atoms with Crippen LogP contribution in [-0.2, 0) is 0 Å². The van der Waals surface area contributed by atoms with Gasteiger partial charge in [0, 0.05) is 35.5 Å². The van der Waals surface area contributed by atoms with Crippen molar-refractivity contribution < 1.29 is 9.34 Å². The Hall–Kier alpha value is -3.73. The van der Waals surface area contributed by atoms with Gasteiger partial charge in [-0.15, -0.1) is 0 Å². The fraction of sp³-hybridized carbons (Fsp3) is 0. The fourth-order valence-electron chi connectivity index (χ4n) is 2.98. The van der Waals surface area contributed by atoms with E-state index in [-0.39, 0.29) is 5.69 Å². The van der Waals surface area contributed by atoms with Crippen molar-refractivity contribution in [2.24, 2.45) is 0 Å². The van der Waals surface area contributed by atoms with Gasteiger partial charge in [-0.05, 0) is 52.6 Å². The van der Waals surface area contributed by atoms with Gasteiger partial charge in [-0.3, -0.25) is 15.1 Å². The maximum atomic E-state index is 11.1. The Morgan fingerprint density at radius 3 is 2.62 bits per heavy atom. The number of non-ortho nitro benzene ring substituents is 1. The number of benzene rings is 2. The molecule has 0 saturated carbocycles. The van der Waals surface area contributed by atoms with Gasteiger partial charge in [0.05, 0.1) is 11.2 Å². The number of fused-ring (bicyclic) bond motifs is 1. The first-order chi connectivity index (χ1) is 12.6. The van der Waals surface area contributed by atoms with E-state index in [9.17, 15) is 10.1 Å². The van der Waals surface area contributed by atoms with Gasteiger partial charge in [0.25, 0.3) is 5.69 Å². The lowest BCUT2D eigenvalue weighted by molar-refractivity contribution is -0.384. The molecule has 2 aromatic heterocycles. The van der Waals surface area contributed by atoms with Crippen LogP contribution in [0.25, 0.3) is 27.7 Å². The summed E-state index contributed by atoms with van der Waals surface area (Å²) in [7, 11) is 0. The Balaban J connectivity index is 1.90. The molecule has 26 heavy (non-hydrogen) atoms. The Bertz CT molecular complexity index is 1130. The van der Waals surface area contributed by atoms with E-state index in [1.807, 2.05) is 36.4 Å². The average molecular weight is 342 g/mol. The minimum atomic E-state index is -0.400. The van der Waals surface area contributed by atoms with Crippen molar-refractivity contribution in [3.63, 3.8) is 0 Å². The maximum absolute atomic E-state index is 11.1. The summed E-state index contributed by atoms with van der Waals surface area (Å²) in [6, 6.07) is 16.2. The number of pyridine rings is 1. The maximum Gasteiger partial charge on any atom is 0.270 e. The van der Waals surface area contributed by atoms with Crippen LogP contribution in [0.2, 0.25) is 0 Å². The number of furan rings is 1. The molecule has 126 valence electrons. The van der Waals surface area contributed by atoms with Crippen molar-refractivity contribution in [1.29, 1.82) is 0 Å². The van der Waals surface area contributed by atoms with Gasteiger partial charge in [-0.25, -0.2) is 0 Å². The van der Waals surface area contributed by atoms with E-state index >= 15 is 0 Å². The molecule has 0 spiro atoms. The molecule has 2 aromatic carbocycles. The molecular weight excluding hydrogens is 328 g/mol. The summed E-state index contributed by atoms with van der Waals surface area (Å²) in [4.78, 5) is 14.8. The first kappa shape index (κ1) is 15.8. The second kappa shape index (κ2) is 6.29. The number of nitro groups is 1. The largest absolute Gasteiger partial charge is 0.464 e. The van der Waals surface area contributed by atoms with Crippen LogP contribution in [0.15, 0.2) is 84.3 Å². The summed E-state index contributed by atoms with van der Waals surface area (Å²) >= 11 is 0. The van der Waals surface area contributed by atoms with E-state index in [0.29, 0.717) is 5.58 Å². The number of nitrogens with zero attached hydrogens (tertiary/aromatic N) is 2. The first-order valence-corrected chi connectivity index (χ1v) is 7.99. The lowest BCUT2D eigenvalue weighted by Crippen LogP contribution is -1.91. The van der Waals surface area contributed by atoms with E-state index in [1.54, 1.807) is 30.8 Å². The van der Waals surface area contributed by atoms with Crippen LogP contribution < -0.4 is 0 Å². The highest BCUT2D eigenvalue weighted by Gasteiger charge is 2.14. The van der Waals surface area contributed by atoms with E-state index in [0.717, 1.165) is 33.2 Å². The van der Waals surface area contributed by atoms with Crippen molar-refractivity contribution >= 4 is 22.2 Å². The quantitative estimate of drug-likeness (QED) is 0.364. The van der Waals surface area contributed by atoms with Crippen molar-refractivity contribution in [1.82, 2.24) is 4.98 Å². The van der Waals surface area contributed by atoms with Gasteiger partial charge in [0.15, 0.2) is 0 Å². The molecule has 0 fully saturated rings. The molecule has 5 heteroatoms. The molecule has 2 heterocycles. The molecule has 0 atom stereocenters. The highest BCUT2D eigenvalue weighted by molar-refractivity contribution is 5.97. The summed E-state index contributed by atoms with van der Waals surface area (Å²) in [6.45, 7) is 4.20.